The van der Waals surface area contributed by atoms with Crippen molar-refractivity contribution in [2.45, 2.75) is 26.3 Å². The van der Waals surface area contributed by atoms with E-state index in [0.717, 1.165) is 0 Å². The molecule has 7 heavy (non-hydrogen) atoms. The van der Waals surface area contributed by atoms with Gasteiger partial charge in [0.15, 0.2) is 0 Å². The van der Waals surface area contributed by atoms with Gasteiger partial charge in [0.05, 0.1) is 0 Å². The maximum absolute atomic E-state index is 3.11. The van der Waals surface area contributed by atoms with Crippen molar-refractivity contribution in [2.75, 3.05) is 7.05 Å². The van der Waals surface area contributed by atoms with Gasteiger partial charge < -0.3 is 5.32 Å². The molecular weight excluding hydrogens is 110 g/mol. The Morgan fingerprint density at radius 2 is 2.00 bits per heavy atom. The minimum Gasteiger partial charge on any atom is -0.317 e. The van der Waals surface area contributed by atoms with Crippen molar-refractivity contribution in [3.8, 4) is 0 Å². The highest BCUT2D eigenvalue weighted by atomic mass is 35.5. The minimum atomic E-state index is 0. The van der Waals surface area contributed by atoms with E-state index in [4.69, 9.17) is 0 Å². The van der Waals surface area contributed by atoms with Gasteiger partial charge in [0, 0.05) is 6.04 Å². The van der Waals surface area contributed by atoms with Crippen molar-refractivity contribution in [2.24, 2.45) is 0 Å². The second-order valence-corrected chi connectivity index (χ2v) is 1.60. The first-order chi connectivity index (χ1) is 2.81. The van der Waals surface area contributed by atoms with Crippen molar-refractivity contribution < 1.29 is 0 Å². The van der Waals surface area contributed by atoms with Gasteiger partial charge >= 0.3 is 0 Å². The van der Waals surface area contributed by atoms with E-state index in [2.05, 4.69) is 19.2 Å². The zero-order valence-electron chi connectivity index (χ0n) is 5.19. The van der Waals surface area contributed by atoms with Crippen LogP contribution in [0, 0.1) is 0 Å². The van der Waals surface area contributed by atoms with Gasteiger partial charge in [-0.25, -0.2) is 0 Å². The van der Waals surface area contributed by atoms with Crippen molar-refractivity contribution >= 4 is 12.4 Å². The molecular formula is C5H14ClN. The molecule has 1 nitrogen and oxygen atoms in total. The lowest BCUT2D eigenvalue weighted by Gasteiger charge is -2.02. The van der Waals surface area contributed by atoms with Crippen LogP contribution in [-0.2, 0) is 0 Å². The van der Waals surface area contributed by atoms with Crippen LogP contribution in [0.15, 0.2) is 0 Å². The summed E-state index contributed by atoms with van der Waals surface area (Å²) in [6, 6.07) is 0.685. The largest absolute Gasteiger partial charge is 0.317 e. The molecule has 0 aliphatic carbocycles. The Bertz CT molecular complexity index is 27.3. The summed E-state index contributed by atoms with van der Waals surface area (Å²) in [7, 11) is 1.98. The highest BCUT2D eigenvalue weighted by Gasteiger charge is 1.86. The molecule has 2 heteroatoms. The van der Waals surface area contributed by atoms with E-state index in [1.54, 1.807) is 0 Å². The third-order valence-corrected chi connectivity index (χ3v) is 1.11. The average molecular weight is 124 g/mol. The average Bonchev–Trinajstić information content (AvgIpc) is 1.65. The quantitative estimate of drug-likeness (QED) is 0.586. The normalized spacial score (nSPS) is 12.4. The summed E-state index contributed by atoms with van der Waals surface area (Å²) in [5.41, 5.74) is 0. The van der Waals surface area contributed by atoms with Gasteiger partial charge in [-0.2, -0.15) is 0 Å². The molecule has 1 atom stereocenters. The number of rotatable bonds is 2. The lowest BCUT2D eigenvalue weighted by molar-refractivity contribution is 0.593. The fraction of sp³-hybridized carbons (Fsp3) is 1.00. The van der Waals surface area contributed by atoms with Crippen molar-refractivity contribution in [1.29, 1.82) is 0 Å². The molecule has 0 aromatic heterocycles. The van der Waals surface area contributed by atoms with E-state index in [-0.39, 0.29) is 12.4 Å². The second kappa shape index (κ2) is 6.25. The Balaban J connectivity index is 0. The molecule has 46 valence electrons. The molecule has 0 saturated heterocycles. The molecule has 0 amide bonds. The van der Waals surface area contributed by atoms with E-state index < -0.39 is 0 Å². The minimum absolute atomic E-state index is 0. The zero-order chi connectivity index (χ0) is 4.99. The summed E-state index contributed by atoms with van der Waals surface area (Å²) in [5.74, 6) is 0. The van der Waals surface area contributed by atoms with Gasteiger partial charge in [-0.05, 0) is 20.4 Å². The van der Waals surface area contributed by atoms with Crippen LogP contribution in [0.25, 0.3) is 0 Å². The Kier molecular flexibility index (Phi) is 9.17. The van der Waals surface area contributed by atoms with Gasteiger partial charge in [0.25, 0.3) is 0 Å². The van der Waals surface area contributed by atoms with Crippen LogP contribution in [0.3, 0.4) is 0 Å². The van der Waals surface area contributed by atoms with Crippen LogP contribution in [-0.4, -0.2) is 13.1 Å². The Morgan fingerprint density at radius 3 is 2.00 bits per heavy atom. The molecule has 0 aliphatic heterocycles. The Labute approximate surface area is 51.9 Å². The molecule has 0 saturated carbocycles. The van der Waals surface area contributed by atoms with Gasteiger partial charge in [0.2, 0.25) is 0 Å². The summed E-state index contributed by atoms with van der Waals surface area (Å²) in [6.07, 6.45) is 1.22. The summed E-state index contributed by atoms with van der Waals surface area (Å²) in [6.45, 7) is 4.33. The van der Waals surface area contributed by atoms with E-state index in [0.29, 0.717) is 6.04 Å². The van der Waals surface area contributed by atoms with Gasteiger partial charge in [-0.3, -0.25) is 0 Å². The first-order valence-corrected chi connectivity index (χ1v) is 2.48. The summed E-state index contributed by atoms with van der Waals surface area (Å²) >= 11 is 0. The number of hydrogen-bond donors (Lipinski definition) is 1. The van der Waals surface area contributed by atoms with Crippen LogP contribution < -0.4 is 5.32 Å². The lowest BCUT2D eigenvalue weighted by atomic mass is 10.3. The zero-order valence-corrected chi connectivity index (χ0v) is 6.01. The van der Waals surface area contributed by atoms with E-state index in [1.807, 2.05) is 7.05 Å². The monoisotopic (exact) mass is 123 g/mol. The first-order valence-electron chi connectivity index (χ1n) is 2.48. The molecule has 0 unspecified atom stereocenters. The lowest BCUT2D eigenvalue weighted by Crippen LogP contribution is -2.19. The van der Waals surface area contributed by atoms with Crippen molar-refractivity contribution in [3.05, 3.63) is 0 Å². The molecule has 0 spiro atoms. The van der Waals surface area contributed by atoms with E-state index >= 15 is 0 Å². The molecule has 0 fully saturated rings. The molecule has 0 aliphatic rings. The Morgan fingerprint density at radius 1 is 1.57 bits per heavy atom. The molecule has 0 heterocycles. The summed E-state index contributed by atoms with van der Waals surface area (Å²) < 4.78 is 0. The number of halogens is 1. The molecule has 0 aromatic rings. The van der Waals surface area contributed by atoms with Crippen LogP contribution >= 0.6 is 12.4 Å². The predicted molar refractivity (Wildman–Crippen MR) is 36.1 cm³/mol. The van der Waals surface area contributed by atoms with Crippen molar-refractivity contribution in [3.63, 3.8) is 0 Å². The number of hydrogen-bond acceptors (Lipinski definition) is 1. The maximum atomic E-state index is 3.11. The van der Waals surface area contributed by atoms with Gasteiger partial charge in [-0.15, -0.1) is 12.4 Å². The summed E-state index contributed by atoms with van der Waals surface area (Å²) in [4.78, 5) is 0. The third kappa shape index (κ3) is 6.25. The fourth-order valence-corrected chi connectivity index (χ4v) is 0.204. The van der Waals surface area contributed by atoms with Gasteiger partial charge in [-0.1, -0.05) is 6.92 Å². The Hall–Kier alpha value is 0.250. The molecule has 0 aromatic carbocycles. The fourth-order valence-electron chi connectivity index (χ4n) is 0.204. The van der Waals surface area contributed by atoms with E-state index in [9.17, 15) is 0 Å². The smallest absolute Gasteiger partial charge is 0.00331 e. The van der Waals surface area contributed by atoms with Crippen LogP contribution in [0.4, 0.5) is 0 Å². The van der Waals surface area contributed by atoms with Crippen molar-refractivity contribution in [1.82, 2.24) is 5.32 Å². The summed E-state index contributed by atoms with van der Waals surface area (Å²) in [5, 5.41) is 3.11. The van der Waals surface area contributed by atoms with Crippen LogP contribution in [0.1, 0.15) is 20.3 Å². The second-order valence-electron chi connectivity index (χ2n) is 1.60. The van der Waals surface area contributed by atoms with E-state index in [1.165, 1.54) is 6.42 Å². The number of nitrogens with one attached hydrogen (secondary N) is 1. The molecule has 1 N–H and O–H groups in total. The maximum Gasteiger partial charge on any atom is 0.00331 e. The molecule has 0 bridgehead atoms. The van der Waals surface area contributed by atoms with Crippen LogP contribution in [0.5, 0.6) is 0 Å². The molecule has 0 rings (SSSR count). The highest BCUT2D eigenvalue weighted by molar-refractivity contribution is 5.85. The standard InChI is InChI=1S/C5H13N.ClH/c1-4-5(2)6-3;/h5-6H,4H2,1-3H3;1H/t5-;/m0./s1. The SMILES string of the molecule is CC[C@H](C)NC.Cl. The first kappa shape index (κ1) is 10.3. The topological polar surface area (TPSA) is 12.0 Å². The van der Waals surface area contributed by atoms with Crippen LogP contribution in [0.2, 0.25) is 0 Å². The van der Waals surface area contributed by atoms with Gasteiger partial charge in [0.1, 0.15) is 0 Å². The third-order valence-electron chi connectivity index (χ3n) is 1.11. The predicted octanol–water partition coefficient (Wildman–Crippen LogP) is 1.43. The highest BCUT2D eigenvalue weighted by Crippen LogP contribution is 1.82. The molecule has 0 radical (unpaired) electrons.